The highest BCUT2D eigenvalue weighted by Gasteiger charge is 2.28. The van der Waals surface area contributed by atoms with Gasteiger partial charge in [-0.05, 0) is 5.92 Å². The molecule has 2 unspecified atom stereocenters. The van der Waals surface area contributed by atoms with Gasteiger partial charge in [-0.2, -0.15) is 0 Å². The van der Waals surface area contributed by atoms with Crippen molar-refractivity contribution in [3.05, 3.63) is 22.5 Å². The van der Waals surface area contributed by atoms with Crippen LogP contribution in [-0.2, 0) is 0 Å². The molecule has 7 heteroatoms. The third kappa shape index (κ3) is 1.94. The van der Waals surface area contributed by atoms with Gasteiger partial charge in [0.25, 0.3) is 0 Å². The molecule has 7 nitrogen and oxygen atoms in total. The molecule has 1 aromatic rings. The van der Waals surface area contributed by atoms with E-state index in [0.717, 1.165) is 6.54 Å². The maximum atomic E-state index is 10.4. The number of hydrogen-bond acceptors (Lipinski definition) is 6. The highest BCUT2D eigenvalue weighted by molar-refractivity contribution is 5.35. The molecule has 16 heavy (non-hydrogen) atoms. The van der Waals surface area contributed by atoms with Gasteiger partial charge in [0.05, 0.1) is 4.92 Å². The van der Waals surface area contributed by atoms with Crippen LogP contribution in [0.3, 0.4) is 0 Å². The Hall–Kier alpha value is -1.76. The van der Waals surface area contributed by atoms with Gasteiger partial charge in [0, 0.05) is 19.1 Å². The molecule has 0 radical (unpaired) electrons. The van der Waals surface area contributed by atoms with Crippen molar-refractivity contribution in [1.29, 1.82) is 0 Å². The molecule has 0 aliphatic carbocycles. The fourth-order valence-corrected chi connectivity index (χ4v) is 1.73. The molecule has 1 saturated heterocycles. The van der Waals surface area contributed by atoms with Crippen LogP contribution in [0.25, 0.3) is 0 Å². The third-order valence-corrected chi connectivity index (χ3v) is 2.79. The molecule has 1 aliphatic rings. The van der Waals surface area contributed by atoms with Gasteiger partial charge in [-0.25, -0.2) is 9.97 Å². The van der Waals surface area contributed by atoms with E-state index in [1.807, 2.05) is 4.90 Å². The van der Waals surface area contributed by atoms with E-state index in [1.54, 1.807) is 0 Å². The van der Waals surface area contributed by atoms with Gasteiger partial charge in [0.1, 0.15) is 12.4 Å². The number of nitrogens with zero attached hydrogens (tertiary/aromatic N) is 4. The molecule has 2 atom stereocenters. The van der Waals surface area contributed by atoms with Crippen LogP contribution in [0.4, 0.5) is 11.6 Å². The van der Waals surface area contributed by atoms with Crippen LogP contribution in [0, 0.1) is 16.0 Å². The van der Waals surface area contributed by atoms with E-state index >= 15 is 0 Å². The first-order chi connectivity index (χ1) is 7.58. The van der Waals surface area contributed by atoms with E-state index in [0.29, 0.717) is 18.4 Å². The lowest BCUT2D eigenvalue weighted by Gasteiger charge is -2.14. The fourth-order valence-electron chi connectivity index (χ4n) is 1.73. The summed E-state index contributed by atoms with van der Waals surface area (Å²) in [6.45, 7) is 3.55. The Balaban J connectivity index is 2.14. The van der Waals surface area contributed by atoms with Gasteiger partial charge in [0.15, 0.2) is 0 Å². The maximum absolute atomic E-state index is 10.4. The SMILES string of the molecule is CC1CN(c2ncc([N+](=O)[O-])cn2)CC1N. The highest BCUT2D eigenvalue weighted by Crippen LogP contribution is 2.20. The average molecular weight is 223 g/mol. The zero-order valence-electron chi connectivity index (χ0n) is 8.91. The zero-order chi connectivity index (χ0) is 11.7. The van der Waals surface area contributed by atoms with Crippen LogP contribution >= 0.6 is 0 Å². The normalized spacial score (nSPS) is 24.8. The van der Waals surface area contributed by atoms with Crippen LogP contribution in [0.15, 0.2) is 12.4 Å². The smallest absolute Gasteiger partial charge is 0.305 e. The molecule has 0 aromatic carbocycles. The maximum Gasteiger partial charge on any atom is 0.305 e. The second-order valence-corrected chi connectivity index (χ2v) is 4.04. The van der Waals surface area contributed by atoms with Crippen LogP contribution in [-0.4, -0.2) is 34.0 Å². The molecular weight excluding hydrogens is 210 g/mol. The summed E-state index contributed by atoms with van der Waals surface area (Å²) < 4.78 is 0. The van der Waals surface area contributed by atoms with E-state index < -0.39 is 4.92 Å². The van der Waals surface area contributed by atoms with E-state index in [2.05, 4.69) is 16.9 Å². The summed E-state index contributed by atoms with van der Waals surface area (Å²) in [6.07, 6.45) is 2.44. The van der Waals surface area contributed by atoms with Gasteiger partial charge in [-0.1, -0.05) is 6.92 Å². The molecule has 2 rings (SSSR count). The minimum Gasteiger partial charge on any atom is -0.339 e. The van der Waals surface area contributed by atoms with E-state index in [-0.39, 0.29) is 11.7 Å². The lowest BCUT2D eigenvalue weighted by Crippen LogP contribution is -2.29. The van der Waals surface area contributed by atoms with Crippen molar-refractivity contribution in [3.8, 4) is 0 Å². The van der Waals surface area contributed by atoms with E-state index in [4.69, 9.17) is 5.73 Å². The Morgan fingerprint density at radius 3 is 2.56 bits per heavy atom. The lowest BCUT2D eigenvalue weighted by molar-refractivity contribution is -0.385. The molecule has 0 bridgehead atoms. The van der Waals surface area contributed by atoms with Crippen LogP contribution in [0.1, 0.15) is 6.92 Å². The van der Waals surface area contributed by atoms with Gasteiger partial charge >= 0.3 is 5.69 Å². The Morgan fingerprint density at radius 2 is 2.12 bits per heavy atom. The quantitative estimate of drug-likeness (QED) is 0.566. The Kier molecular flexibility index (Phi) is 2.69. The monoisotopic (exact) mass is 223 g/mol. The predicted molar refractivity (Wildman–Crippen MR) is 58.0 cm³/mol. The van der Waals surface area contributed by atoms with Crippen molar-refractivity contribution >= 4 is 11.6 Å². The van der Waals surface area contributed by atoms with Crippen molar-refractivity contribution in [3.63, 3.8) is 0 Å². The summed E-state index contributed by atoms with van der Waals surface area (Å²) in [4.78, 5) is 19.8. The Labute approximate surface area is 92.4 Å². The summed E-state index contributed by atoms with van der Waals surface area (Å²) in [5.41, 5.74) is 5.78. The minimum absolute atomic E-state index is 0.0970. The van der Waals surface area contributed by atoms with E-state index in [9.17, 15) is 10.1 Å². The van der Waals surface area contributed by atoms with Crippen LogP contribution < -0.4 is 10.6 Å². The number of nitrogens with two attached hydrogens (primary N) is 1. The standard InChI is InChI=1S/C9H13N5O2/c1-6-4-13(5-8(6)10)9-11-2-7(3-12-9)14(15)16/h2-3,6,8H,4-5,10H2,1H3. The minimum atomic E-state index is -0.512. The Morgan fingerprint density at radius 1 is 1.50 bits per heavy atom. The molecule has 86 valence electrons. The van der Waals surface area contributed by atoms with Gasteiger partial charge in [0.2, 0.25) is 5.95 Å². The fraction of sp³-hybridized carbons (Fsp3) is 0.556. The summed E-state index contributed by atoms with van der Waals surface area (Å²) in [5.74, 6) is 0.893. The molecule has 1 fully saturated rings. The van der Waals surface area contributed by atoms with Crippen molar-refractivity contribution in [2.24, 2.45) is 11.7 Å². The summed E-state index contributed by atoms with van der Waals surface area (Å²) in [5, 5.41) is 10.4. The molecule has 1 aliphatic heterocycles. The van der Waals surface area contributed by atoms with Crippen LogP contribution in [0.2, 0.25) is 0 Å². The van der Waals surface area contributed by atoms with Crippen LogP contribution in [0.5, 0.6) is 0 Å². The summed E-state index contributed by atoms with van der Waals surface area (Å²) in [6, 6.07) is 0.110. The molecular formula is C9H13N5O2. The zero-order valence-corrected chi connectivity index (χ0v) is 8.91. The lowest BCUT2D eigenvalue weighted by atomic mass is 10.1. The average Bonchev–Trinajstić information content (AvgIpc) is 2.59. The first-order valence-corrected chi connectivity index (χ1v) is 5.05. The summed E-state index contributed by atoms with van der Waals surface area (Å²) in [7, 11) is 0. The highest BCUT2D eigenvalue weighted by atomic mass is 16.6. The second-order valence-electron chi connectivity index (χ2n) is 4.04. The number of aromatic nitrogens is 2. The summed E-state index contributed by atoms with van der Waals surface area (Å²) >= 11 is 0. The molecule has 2 heterocycles. The van der Waals surface area contributed by atoms with Gasteiger partial charge < -0.3 is 10.6 Å². The molecule has 0 amide bonds. The van der Waals surface area contributed by atoms with Crippen molar-refractivity contribution in [2.45, 2.75) is 13.0 Å². The molecule has 2 N–H and O–H groups in total. The predicted octanol–water partition coefficient (Wildman–Crippen LogP) is 0.168. The van der Waals surface area contributed by atoms with Crippen molar-refractivity contribution in [2.75, 3.05) is 18.0 Å². The van der Waals surface area contributed by atoms with Crippen molar-refractivity contribution < 1.29 is 4.92 Å². The van der Waals surface area contributed by atoms with E-state index in [1.165, 1.54) is 12.4 Å². The topological polar surface area (TPSA) is 98.2 Å². The number of hydrogen-bond donors (Lipinski definition) is 1. The largest absolute Gasteiger partial charge is 0.339 e. The Bertz CT molecular complexity index is 383. The first-order valence-electron chi connectivity index (χ1n) is 5.05. The number of anilines is 1. The van der Waals surface area contributed by atoms with Crippen molar-refractivity contribution in [1.82, 2.24) is 9.97 Å². The molecule has 0 spiro atoms. The molecule has 0 saturated carbocycles. The number of rotatable bonds is 2. The van der Waals surface area contributed by atoms with Gasteiger partial charge in [-0.3, -0.25) is 10.1 Å². The first kappa shape index (κ1) is 10.7. The third-order valence-electron chi connectivity index (χ3n) is 2.79. The molecule has 1 aromatic heterocycles. The number of nitro groups is 1. The second kappa shape index (κ2) is 4.01. The van der Waals surface area contributed by atoms with Gasteiger partial charge in [-0.15, -0.1) is 0 Å².